The van der Waals surface area contributed by atoms with Crippen LogP contribution < -0.4 is 5.11 Å². The molecule has 0 aromatic rings. The summed E-state index contributed by atoms with van der Waals surface area (Å²) in [6.45, 7) is 5.68. The van der Waals surface area contributed by atoms with Crippen LogP contribution in [-0.4, -0.2) is 24.0 Å². The lowest BCUT2D eigenvalue weighted by Crippen LogP contribution is -2.32. The zero-order chi connectivity index (χ0) is 8.97. The molecule has 0 aromatic carbocycles. The van der Waals surface area contributed by atoms with Gasteiger partial charge in [-0.15, -0.1) is 0 Å². The monoisotopic (exact) mass is 169 g/mol. The van der Waals surface area contributed by atoms with E-state index in [9.17, 15) is 5.11 Å². The molecule has 1 aliphatic heterocycles. The predicted molar refractivity (Wildman–Crippen MR) is 47.7 cm³/mol. The highest BCUT2D eigenvalue weighted by Gasteiger charge is 2.06. The minimum atomic E-state index is 0.0110. The molecule has 3 heteroatoms. The first-order valence-electron chi connectivity index (χ1n) is 4.70. The van der Waals surface area contributed by atoms with Crippen LogP contribution in [0.1, 0.15) is 33.1 Å². The summed E-state index contributed by atoms with van der Waals surface area (Å²) in [5, 5.41) is 17.1. The van der Waals surface area contributed by atoms with Crippen LogP contribution in [0.2, 0.25) is 0 Å². The van der Waals surface area contributed by atoms with Crippen LogP contribution in [-0.2, 0) is 0 Å². The van der Waals surface area contributed by atoms with E-state index >= 15 is 0 Å². The van der Waals surface area contributed by atoms with E-state index in [4.69, 9.17) is 0 Å². The molecule has 0 aliphatic carbocycles. The zero-order valence-electron chi connectivity index (χ0n) is 7.92. The number of nitrogens with zero attached hydrogens (tertiary/aromatic N) is 2. The van der Waals surface area contributed by atoms with Gasteiger partial charge in [0.15, 0.2) is 0 Å². The number of hydrogen-bond acceptors (Lipinski definition) is 3. The topological polar surface area (TPSA) is 38.7 Å². The molecule has 0 unspecified atom stereocenters. The molecule has 0 N–H and O–H groups in total. The van der Waals surface area contributed by atoms with Gasteiger partial charge in [-0.05, 0) is 31.1 Å². The van der Waals surface area contributed by atoms with Crippen LogP contribution in [0, 0.1) is 5.92 Å². The van der Waals surface area contributed by atoms with E-state index in [1.807, 2.05) is 18.9 Å². The Morgan fingerprint density at radius 3 is 2.33 bits per heavy atom. The first-order valence-corrected chi connectivity index (χ1v) is 4.70. The molecule has 1 saturated heterocycles. The van der Waals surface area contributed by atoms with Gasteiger partial charge in [-0.1, -0.05) is 13.8 Å². The third-order valence-electron chi connectivity index (χ3n) is 2.07. The second-order valence-electron chi connectivity index (χ2n) is 3.61. The van der Waals surface area contributed by atoms with Gasteiger partial charge in [-0.25, -0.2) is 0 Å². The summed E-state index contributed by atoms with van der Waals surface area (Å²) in [4.78, 5) is 0. The summed E-state index contributed by atoms with van der Waals surface area (Å²) in [5.41, 5.74) is 0. The lowest BCUT2D eigenvalue weighted by molar-refractivity contribution is -0.225. The predicted octanol–water partition coefficient (Wildman–Crippen LogP) is 0.802. The number of piperidine rings is 1. The molecular formula is C9H17N2O-. The van der Waals surface area contributed by atoms with Gasteiger partial charge >= 0.3 is 0 Å². The Bertz CT molecular complexity index is 160. The minimum Gasteiger partial charge on any atom is -0.860 e. The van der Waals surface area contributed by atoms with Crippen molar-refractivity contribution >= 4 is 5.90 Å². The molecule has 3 nitrogen and oxygen atoms in total. The summed E-state index contributed by atoms with van der Waals surface area (Å²) >= 11 is 0. The maximum absolute atomic E-state index is 11.2. The Hall–Kier alpha value is -0.730. The lowest BCUT2D eigenvalue weighted by atomic mass is 10.2. The van der Waals surface area contributed by atoms with E-state index < -0.39 is 0 Å². The van der Waals surface area contributed by atoms with Crippen LogP contribution in [0.3, 0.4) is 0 Å². The molecule has 0 saturated carbocycles. The molecule has 12 heavy (non-hydrogen) atoms. The van der Waals surface area contributed by atoms with Crippen LogP contribution in [0.4, 0.5) is 0 Å². The standard InChI is InChI=1S/C9H18N2O/c1-8(2)9(12)10-11-6-4-3-5-7-11/h8H,3-7H2,1-2H3,(H,10,12)/p-1. The normalized spacial score (nSPS) is 20.2. The second-order valence-corrected chi connectivity index (χ2v) is 3.61. The molecule has 70 valence electrons. The van der Waals surface area contributed by atoms with E-state index in [0.717, 1.165) is 13.1 Å². The van der Waals surface area contributed by atoms with Gasteiger partial charge in [0.25, 0.3) is 0 Å². The highest BCUT2D eigenvalue weighted by atomic mass is 16.3. The van der Waals surface area contributed by atoms with Gasteiger partial charge in [0, 0.05) is 13.1 Å². The van der Waals surface area contributed by atoms with Gasteiger partial charge in [-0.2, -0.15) is 5.10 Å². The molecule has 0 aromatic heterocycles. The van der Waals surface area contributed by atoms with Crippen molar-refractivity contribution in [3.8, 4) is 0 Å². The second kappa shape index (κ2) is 4.33. The summed E-state index contributed by atoms with van der Waals surface area (Å²) in [6.07, 6.45) is 3.63. The minimum absolute atomic E-state index is 0.0110. The Balaban J connectivity index is 2.41. The van der Waals surface area contributed by atoms with E-state index in [1.54, 1.807) is 0 Å². The van der Waals surface area contributed by atoms with Crippen molar-refractivity contribution in [3.63, 3.8) is 0 Å². The lowest BCUT2D eigenvalue weighted by Gasteiger charge is -2.27. The van der Waals surface area contributed by atoms with Crippen LogP contribution >= 0.6 is 0 Å². The van der Waals surface area contributed by atoms with Crippen LogP contribution in [0.5, 0.6) is 0 Å². The molecular weight excluding hydrogens is 152 g/mol. The largest absolute Gasteiger partial charge is 0.860 e. The Labute approximate surface area is 74.1 Å². The van der Waals surface area contributed by atoms with Gasteiger partial charge in [-0.3, -0.25) is 5.01 Å². The van der Waals surface area contributed by atoms with Gasteiger partial charge in [0.1, 0.15) is 0 Å². The van der Waals surface area contributed by atoms with Crippen molar-refractivity contribution in [2.24, 2.45) is 11.0 Å². The SMILES string of the molecule is CC(C)C([O-])=NN1CCCCC1. The van der Waals surface area contributed by atoms with Gasteiger partial charge < -0.3 is 5.11 Å². The third kappa shape index (κ3) is 2.72. The highest BCUT2D eigenvalue weighted by molar-refractivity contribution is 5.73. The third-order valence-corrected chi connectivity index (χ3v) is 2.07. The number of rotatable bonds is 2. The Kier molecular flexibility index (Phi) is 3.38. The first-order chi connectivity index (χ1) is 5.70. The molecule has 1 heterocycles. The average Bonchev–Trinajstić information content (AvgIpc) is 2.06. The molecule has 0 bridgehead atoms. The van der Waals surface area contributed by atoms with Crippen molar-refractivity contribution in [1.82, 2.24) is 5.01 Å². The number of hydrazone groups is 1. The van der Waals surface area contributed by atoms with Crippen LogP contribution in [0.15, 0.2) is 5.10 Å². The highest BCUT2D eigenvalue weighted by Crippen LogP contribution is 2.09. The zero-order valence-corrected chi connectivity index (χ0v) is 7.92. The molecule has 1 fully saturated rings. The van der Waals surface area contributed by atoms with Gasteiger partial charge in [0.05, 0.1) is 0 Å². The quantitative estimate of drug-likeness (QED) is 0.453. The van der Waals surface area contributed by atoms with Crippen molar-refractivity contribution in [3.05, 3.63) is 0 Å². The molecule has 0 amide bonds. The Morgan fingerprint density at radius 1 is 1.25 bits per heavy atom. The van der Waals surface area contributed by atoms with Crippen molar-refractivity contribution in [2.45, 2.75) is 33.1 Å². The maximum atomic E-state index is 11.2. The fourth-order valence-corrected chi connectivity index (χ4v) is 1.23. The first kappa shape index (κ1) is 9.36. The summed E-state index contributed by atoms with van der Waals surface area (Å²) in [7, 11) is 0. The maximum Gasteiger partial charge on any atom is 0.0359 e. The molecule has 1 aliphatic rings. The Morgan fingerprint density at radius 2 is 1.83 bits per heavy atom. The fourth-order valence-electron chi connectivity index (χ4n) is 1.23. The summed E-state index contributed by atoms with van der Waals surface area (Å²) < 4.78 is 0. The summed E-state index contributed by atoms with van der Waals surface area (Å²) in [6, 6.07) is 0. The van der Waals surface area contributed by atoms with Crippen molar-refractivity contribution < 1.29 is 5.11 Å². The fraction of sp³-hybridized carbons (Fsp3) is 0.889. The van der Waals surface area contributed by atoms with E-state index in [1.165, 1.54) is 19.3 Å². The van der Waals surface area contributed by atoms with E-state index in [0.29, 0.717) is 0 Å². The van der Waals surface area contributed by atoms with Crippen molar-refractivity contribution in [1.29, 1.82) is 0 Å². The molecule has 0 radical (unpaired) electrons. The average molecular weight is 169 g/mol. The van der Waals surface area contributed by atoms with Crippen molar-refractivity contribution in [2.75, 3.05) is 13.1 Å². The molecule has 1 rings (SSSR count). The smallest absolute Gasteiger partial charge is 0.0359 e. The number of hydrogen-bond donors (Lipinski definition) is 0. The summed E-state index contributed by atoms with van der Waals surface area (Å²) in [5.74, 6) is 0.0452. The van der Waals surface area contributed by atoms with Crippen LogP contribution in [0.25, 0.3) is 0 Å². The van der Waals surface area contributed by atoms with Gasteiger partial charge in [0.2, 0.25) is 0 Å². The van der Waals surface area contributed by atoms with E-state index in [-0.39, 0.29) is 11.8 Å². The van der Waals surface area contributed by atoms with E-state index in [2.05, 4.69) is 5.10 Å². The molecule has 0 atom stereocenters. The molecule has 0 spiro atoms.